The van der Waals surface area contributed by atoms with Crippen molar-refractivity contribution in [1.82, 2.24) is 29.9 Å². The number of aliphatic hydroxyl groups is 1. The third-order valence-electron chi connectivity index (χ3n) is 9.20. The highest BCUT2D eigenvalue weighted by atomic mass is 19.1. The van der Waals surface area contributed by atoms with Crippen LogP contribution in [-0.2, 0) is 22.6 Å². The Balaban J connectivity index is 0.941. The van der Waals surface area contributed by atoms with Crippen molar-refractivity contribution in [3.05, 3.63) is 88.8 Å². The third-order valence-corrected chi connectivity index (χ3v) is 9.20. The number of hydrogen-bond acceptors (Lipinski definition) is 9. The van der Waals surface area contributed by atoms with Crippen LogP contribution in [0.4, 0.5) is 10.1 Å². The molecule has 3 aliphatic heterocycles. The Hall–Kier alpha value is -5.37. The number of anilines is 1. The fourth-order valence-electron chi connectivity index (χ4n) is 6.60. The van der Waals surface area contributed by atoms with Crippen LogP contribution in [0.1, 0.15) is 69.5 Å². The summed E-state index contributed by atoms with van der Waals surface area (Å²) in [4.78, 5) is 59.4. The van der Waals surface area contributed by atoms with Crippen LogP contribution in [0.3, 0.4) is 0 Å². The van der Waals surface area contributed by atoms with Crippen LogP contribution in [0.15, 0.2) is 59.3 Å². The van der Waals surface area contributed by atoms with Gasteiger partial charge in [0.2, 0.25) is 17.7 Å². The summed E-state index contributed by atoms with van der Waals surface area (Å²) in [6, 6.07) is 10.1. The Labute approximate surface area is 274 Å². The van der Waals surface area contributed by atoms with E-state index in [1.54, 1.807) is 43.5 Å². The largest absolute Gasteiger partial charge is 0.441 e. The number of amides is 4. The smallest absolute Gasteiger partial charge is 0.264 e. The maximum atomic E-state index is 13.7. The minimum absolute atomic E-state index is 0.0512. The molecule has 0 spiro atoms. The van der Waals surface area contributed by atoms with Crippen molar-refractivity contribution in [2.45, 2.75) is 63.9 Å². The third kappa shape index (κ3) is 5.94. The van der Waals surface area contributed by atoms with Crippen LogP contribution < -0.4 is 10.6 Å². The number of fused-ring (bicyclic) bond motifs is 1. The number of benzene rings is 2. The van der Waals surface area contributed by atoms with E-state index in [9.17, 15) is 28.7 Å². The molecule has 2 aromatic carbocycles. The Morgan fingerprint density at radius 1 is 1.08 bits per heavy atom. The molecule has 4 amide bonds. The van der Waals surface area contributed by atoms with Gasteiger partial charge in [0, 0.05) is 42.6 Å². The van der Waals surface area contributed by atoms with Crippen molar-refractivity contribution in [3.8, 4) is 11.5 Å². The summed E-state index contributed by atoms with van der Waals surface area (Å²) in [5, 5.41) is 19.9. The van der Waals surface area contributed by atoms with Gasteiger partial charge in [0.1, 0.15) is 23.8 Å². The second kappa shape index (κ2) is 12.7. The number of nitrogens with zero attached hydrogens (tertiary/aromatic N) is 5. The molecule has 248 valence electrons. The zero-order chi connectivity index (χ0) is 33.5. The van der Waals surface area contributed by atoms with Crippen LogP contribution in [0, 0.1) is 12.7 Å². The molecule has 2 saturated heterocycles. The molecule has 0 aliphatic carbocycles. The van der Waals surface area contributed by atoms with Gasteiger partial charge in [-0.25, -0.2) is 9.37 Å². The van der Waals surface area contributed by atoms with E-state index in [-0.39, 0.29) is 54.0 Å². The molecule has 2 atom stereocenters. The molecule has 48 heavy (non-hydrogen) atoms. The number of carbonyl (C=O) groups excluding carboxylic acids is 4. The van der Waals surface area contributed by atoms with Crippen LogP contribution >= 0.6 is 0 Å². The topological polar surface area (TPSA) is 163 Å². The van der Waals surface area contributed by atoms with Crippen LogP contribution in [0.5, 0.6) is 0 Å². The van der Waals surface area contributed by atoms with E-state index in [2.05, 4.69) is 20.7 Å². The molecule has 2 aromatic heterocycles. The second-order valence-corrected chi connectivity index (χ2v) is 12.3. The van der Waals surface area contributed by atoms with Crippen molar-refractivity contribution in [1.29, 1.82) is 0 Å². The van der Waals surface area contributed by atoms with E-state index < -0.39 is 30.0 Å². The van der Waals surface area contributed by atoms with Crippen molar-refractivity contribution >= 4 is 29.3 Å². The lowest BCUT2D eigenvalue weighted by Crippen LogP contribution is -2.55. The number of nitrogens with one attached hydrogen (secondary N) is 2. The highest BCUT2D eigenvalue weighted by Gasteiger charge is 2.45. The van der Waals surface area contributed by atoms with Gasteiger partial charge in [-0.15, -0.1) is 0 Å². The maximum Gasteiger partial charge on any atom is 0.264 e. The Morgan fingerprint density at radius 3 is 2.65 bits per heavy atom. The van der Waals surface area contributed by atoms with Crippen LogP contribution in [0.2, 0.25) is 0 Å². The predicted octanol–water partition coefficient (Wildman–Crippen LogP) is 3.20. The molecule has 7 rings (SSSR count). The number of piperidine rings is 2. The quantitative estimate of drug-likeness (QED) is 0.242. The van der Waals surface area contributed by atoms with Gasteiger partial charge in [-0.05, 0) is 62.9 Å². The number of aromatic nitrogens is 3. The van der Waals surface area contributed by atoms with Crippen molar-refractivity contribution in [2.24, 2.45) is 0 Å². The van der Waals surface area contributed by atoms with Gasteiger partial charge in [-0.1, -0.05) is 12.1 Å². The Bertz CT molecular complexity index is 1910. The molecule has 0 radical (unpaired) electrons. The molecule has 0 saturated carbocycles. The molecular formula is C34H34FN7O6. The van der Waals surface area contributed by atoms with Crippen molar-refractivity contribution in [3.63, 3.8) is 0 Å². The minimum Gasteiger partial charge on any atom is -0.441 e. The second-order valence-electron chi connectivity index (χ2n) is 12.3. The monoisotopic (exact) mass is 655 g/mol. The highest BCUT2D eigenvalue weighted by molar-refractivity contribution is 6.25. The van der Waals surface area contributed by atoms with E-state index in [1.165, 1.54) is 12.1 Å². The molecule has 14 heteroatoms. The number of rotatable bonds is 8. The average molecular weight is 656 g/mol. The summed E-state index contributed by atoms with van der Waals surface area (Å²) in [5.41, 5.74) is 2.85. The van der Waals surface area contributed by atoms with Gasteiger partial charge in [0.15, 0.2) is 0 Å². The molecule has 13 nitrogen and oxygen atoms in total. The van der Waals surface area contributed by atoms with Gasteiger partial charge in [-0.2, -0.15) is 5.10 Å². The van der Waals surface area contributed by atoms with Crippen molar-refractivity contribution < 1.29 is 33.1 Å². The number of carbonyl (C=O) groups is 4. The van der Waals surface area contributed by atoms with Gasteiger partial charge >= 0.3 is 0 Å². The first kappa shape index (κ1) is 31.2. The van der Waals surface area contributed by atoms with E-state index in [0.717, 1.165) is 23.3 Å². The predicted molar refractivity (Wildman–Crippen MR) is 169 cm³/mol. The fourth-order valence-corrected chi connectivity index (χ4v) is 6.60. The van der Waals surface area contributed by atoms with Gasteiger partial charge in [0.25, 0.3) is 11.8 Å². The van der Waals surface area contributed by atoms with E-state index in [0.29, 0.717) is 42.3 Å². The van der Waals surface area contributed by atoms with E-state index in [4.69, 9.17) is 4.42 Å². The SMILES string of the molecule is Cc1oc(-c2cccc(F)c2)nc1CC(=O)N1CCC(n2cc(CNc3cccc4c3C(=O)N(C3CCC(O)NC3=O)C4=O)cn2)CC1. The molecular weight excluding hydrogens is 621 g/mol. The first-order valence-electron chi connectivity index (χ1n) is 15.9. The van der Waals surface area contributed by atoms with E-state index in [1.807, 2.05) is 15.8 Å². The molecule has 2 unspecified atom stereocenters. The number of hydrogen-bond donors (Lipinski definition) is 3. The first-order valence-corrected chi connectivity index (χ1v) is 15.9. The average Bonchev–Trinajstić information content (AvgIpc) is 3.77. The number of aryl methyl sites for hydroxylation is 1. The van der Waals surface area contributed by atoms with Gasteiger partial charge in [0.05, 0.1) is 35.5 Å². The van der Waals surface area contributed by atoms with Crippen LogP contribution in [-0.4, -0.2) is 78.7 Å². The maximum absolute atomic E-state index is 13.7. The molecule has 5 heterocycles. The Kier molecular flexibility index (Phi) is 8.25. The lowest BCUT2D eigenvalue weighted by atomic mass is 10.0. The van der Waals surface area contributed by atoms with Gasteiger partial charge in [-0.3, -0.25) is 28.8 Å². The minimum atomic E-state index is -0.990. The molecule has 0 bridgehead atoms. The lowest BCUT2D eigenvalue weighted by molar-refractivity contribution is -0.132. The zero-order valence-corrected chi connectivity index (χ0v) is 26.2. The number of imide groups is 1. The van der Waals surface area contributed by atoms with E-state index >= 15 is 0 Å². The first-order chi connectivity index (χ1) is 23.2. The molecule has 2 fully saturated rings. The number of halogens is 1. The molecule has 3 aliphatic rings. The van der Waals surface area contributed by atoms with Crippen molar-refractivity contribution in [2.75, 3.05) is 18.4 Å². The summed E-state index contributed by atoms with van der Waals surface area (Å²) >= 11 is 0. The van der Waals surface area contributed by atoms with Crippen LogP contribution in [0.25, 0.3) is 11.5 Å². The zero-order valence-electron chi connectivity index (χ0n) is 26.2. The normalized spacial score (nSPS) is 19.9. The summed E-state index contributed by atoms with van der Waals surface area (Å²) in [5.74, 6) is -1.26. The summed E-state index contributed by atoms with van der Waals surface area (Å²) in [6.45, 7) is 3.22. The lowest BCUT2D eigenvalue weighted by Gasteiger charge is -2.32. The molecule has 4 aromatic rings. The summed E-state index contributed by atoms with van der Waals surface area (Å²) in [6.07, 6.45) is 4.66. The number of likely N-dealkylation sites (tertiary alicyclic amines) is 1. The highest BCUT2D eigenvalue weighted by Crippen LogP contribution is 2.33. The number of oxazole rings is 1. The number of aliphatic hydroxyl groups excluding tert-OH is 1. The molecule has 3 N–H and O–H groups in total. The Morgan fingerprint density at radius 2 is 1.88 bits per heavy atom. The fraction of sp³-hybridized carbons (Fsp3) is 0.353. The van der Waals surface area contributed by atoms with Gasteiger partial charge < -0.3 is 25.1 Å². The standard InChI is InChI=1S/C34H34FN7O6/c1-19-26(38-32(48-19)21-4-2-5-22(35)14-21)15-29(44)40-12-10-23(11-13-40)41-18-20(17-37-41)16-36-25-7-3-6-24-30(25)34(47)42(33(24)46)27-8-9-28(43)39-31(27)45/h2-7,14,17-18,23,27-28,36,43H,8-13,15-16H2,1H3,(H,39,45). The summed E-state index contributed by atoms with van der Waals surface area (Å²) < 4.78 is 21.3. The summed E-state index contributed by atoms with van der Waals surface area (Å²) in [7, 11) is 0.